The maximum atomic E-state index is 10.7. The van der Waals surface area contributed by atoms with Gasteiger partial charge in [-0.15, -0.1) is 0 Å². The summed E-state index contributed by atoms with van der Waals surface area (Å²) in [6.07, 6.45) is 4.32. The molecule has 0 fully saturated rings. The molecule has 1 aromatic carbocycles. The molecule has 20 heavy (non-hydrogen) atoms. The number of unbranched alkanes of at least 4 members (excludes halogenated alkanes) is 1. The van der Waals surface area contributed by atoms with E-state index in [1.54, 1.807) is 0 Å². The minimum atomic E-state index is -3.86. The zero-order valence-corrected chi connectivity index (χ0v) is 12.7. The van der Waals surface area contributed by atoms with E-state index in [0.29, 0.717) is 18.5 Å². The van der Waals surface area contributed by atoms with Crippen molar-refractivity contribution in [2.75, 3.05) is 16.8 Å². The van der Waals surface area contributed by atoms with Gasteiger partial charge in [0.1, 0.15) is 0 Å². The van der Waals surface area contributed by atoms with E-state index in [9.17, 15) is 8.42 Å². The lowest BCUT2D eigenvalue weighted by Crippen LogP contribution is -2.20. The van der Waals surface area contributed by atoms with Crippen molar-refractivity contribution in [1.82, 2.24) is 0 Å². The van der Waals surface area contributed by atoms with Crippen LogP contribution in [0, 0.1) is 0 Å². The van der Waals surface area contributed by atoms with E-state index in [1.165, 1.54) is 0 Å². The maximum absolute atomic E-state index is 10.7. The van der Waals surface area contributed by atoms with Crippen molar-refractivity contribution >= 4 is 21.5 Å². The summed E-state index contributed by atoms with van der Waals surface area (Å²) in [4.78, 5) is 0. The molecule has 5 nitrogen and oxygen atoms in total. The molecule has 1 atom stereocenters. The van der Waals surface area contributed by atoms with Crippen molar-refractivity contribution in [3.05, 3.63) is 24.3 Å². The van der Waals surface area contributed by atoms with Gasteiger partial charge in [0.25, 0.3) is 10.1 Å². The molecule has 0 aliphatic carbocycles. The molecule has 0 aromatic heterocycles. The summed E-state index contributed by atoms with van der Waals surface area (Å²) in [6.45, 7) is 2.12. The summed E-state index contributed by atoms with van der Waals surface area (Å²) < 4.78 is 30.3. The van der Waals surface area contributed by atoms with Crippen LogP contribution in [0.2, 0.25) is 0 Å². The fourth-order valence-corrected chi connectivity index (χ4v) is 2.60. The first-order valence-electron chi connectivity index (χ1n) is 6.98. The Morgan fingerprint density at radius 2 is 1.80 bits per heavy atom. The summed E-state index contributed by atoms with van der Waals surface area (Å²) in [5.41, 5.74) is 7.34. The molecule has 6 heteroatoms. The molecule has 1 unspecified atom stereocenters. The number of nitrogen functional groups attached to an aromatic ring is 1. The first-order valence-corrected chi connectivity index (χ1v) is 8.59. The quantitative estimate of drug-likeness (QED) is 0.481. The average Bonchev–Trinajstić information content (AvgIpc) is 2.37. The Balaban J connectivity index is 2.52. The van der Waals surface area contributed by atoms with Gasteiger partial charge in [-0.25, -0.2) is 0 Å². The van der Waals surface area contributed by atoms with E-state index in [1.807, 2.05) is 24.3 Å². The van der Waals surface area contributed by atoms with Gasteiger partial charge < -0.3 is 11.1 Å². The van der Waals surface area contributed by atoms with Crippen molar-refractivity contribution in [3.63, 3.8) is 0 Å². The van der Waals surface area contributed by atoms with Crippen molar-refractivity contribution in [2.45, 2.75) is 45.1 Å². The summed E-state index contributed by atoms with van der Waals surface area (Å²) in [5.74, 6) is -0.182. The SMILES string of the molecule is CCCCC(CCCS(=O)(=O)O)Nc1ccc(N)cc1. The van der Waals surface area contributed by atoms with Gasteiger partial charge in [-0.3, -0.25) is 4.55 Å². The molecule has 114 valence electrons. The van der Waals surface area contributed by atoms with Crippen LogP contribution in [0.4, 0.5) is 11.4 Å². The molecule has 0 bridgehead atoms. The van der Waals surface area contributed by atoms with Crippen LogP contribution >= 0.6 is 0 Å². The van der Waals surface area contributed by atoms with Crippen LogP contribution in [0.1, 0.15) is 39.0 Å². The first-order chi connectivity index (χ1) is 9.40. The summed E-state index contributed by atoms with van der Waals surface area (Å²) in [6, 6.07) is 7.70. The molecule has 1 rings (SSSR count). The van der Waals surface area contributed by atoms with Gasteiger partial charge in [-0.2, -0.15) is 8.42 Å². The summed E-state index contributed by atoms with van der Waals surface area (Å²) in [5, 5.41) is 3.40. The molecule has 0 saturated carbocycles. The number of hydrogen-bond donors (Lipinski definition) is 3. The van der Waals surface area contributed by atoms with Crippen molar-refractivity contribution in [1.29, 1.82) is 0 Å². The van der Waals surface area contributed by atoms with Gasteiger partial charge in [0, 0.05) is 17.4 Å². The number of anilines is 2. The van der Waals surface area contributed by atoms with Crippen LogP contribution in [-0.4, -0.2) is 24.8 Å². The Hall–Kier alpha value is -1.27. The molecule has 1 aromatic rings. The van der Waals surface area contributed by atoms with Gasteiger partial charge >= 0.3 is 0 Å². The molecule has 4 N–H and O–H groups in total. The monoisotopic (exact) mass is 300 g/mol. The van der Waals surface area contributed by atoms with Crippen molar-refractivity contribution in [2.24, 2.45) is 0 Å². The van der Waals surface area contributed by atoms with E-state index >= 15 is 0 Å². The highest BCUT2D eigenvalue weighted by Gasteiger charge is 2.11. The van der Waals surface area contributed by atoms with Gasteiger partial charge in [0.05, 0.1) is 5.75 Å². The zero-order chi connectivity index (χ0) is 15.0. The fraction of sp³-hybridized carbons (Fsp3) is 0.571. The fourth-order valence-electron chi connectivity index (χ4n) is 2.07. The van der Waals surface area contributed by atoms with Gasteiger partial charge in [-0.05, 0) is 43.5 Å². The lowest BCUT2D eigenvalue weighted by atomic mass is 10.0. The largest absolute Gasteiger partial charge is 0.399 e. The normalized spacial score (nSPS) is 13.1. The standard InChI is InChI=1S/C14H24N2O3S/c1-2-3-5-13(6-4-11-20(17,18)19)16-14-9-7-12(15)8-10-14/h7-10,13,16H,2-6,11,15H2,1H3,(H,17,18,19). The number of nitrogens with one attached hydrogen (secondary N) is 1. The Morgan fingerprint density at radius 1 is 1.20 bits per heavy atom. The Morgan fingerprint density at radius 3 is 2.35 bits per heavy atom. The van der Waals surface area contributed by atoms with Crippen LogP contribution in [-0.2, 0) is 10.1 Å². The van der Waals surface area contributed by atoms with Gasteiger partial charge in [-0.1, -0.05) is 19.8 Å². The third-order valence-electron chi connectivity index (χ3n) is 3.14. The lowest BCUT2D eigenvalue weighted by molar-refractivity contribution is 0.476. The summed E-state index contributed by atoms with van der Waals surface area (Å²) in [7, 11) is -3.86. The molecule has 0 aliphatic heterocycles. The number of benzene rings is 1. The average molecular weight is 300 g/mol. The number of nitrogens with two attached hydrogens (primary N) is 1. The molecule has 0 saturated heterocycles. The smallest absolute Gasteiger partial charge is 0.264 e. The van der Waals surface area contributed by atoms with E-state index in [0.717, 1.165) is 24.9 Å². The molecule has 0 heterocycles. The maximum Gasteiger partial charge on any atom is 0.264 e. The Bertz CT molecular complexity index is 486. The second kappa shape index (κ2) is 8.11. The van der Waals surface area contributed by atoms with Gasteiger partial charge in [0.2, 0.25) is 0 Å². The van der Waals surface area contributed by atoms with Crippen molar-refractivity contribution in [3.8, 4) is 0 Å². The minimum Gasteiger partial charge on any atom is -0.399 e. The van der Waals surface area contributed by atoms with E-state index < -0.39 is 10.1 Å². The zero-order valence-electron chi connectivity index (χ0n) is 11.9. The summed E-state index contributed by atoms with van der Waals surface area (Å²) >= 11 is 0. The highest BCUT2D eigenvalue weighted by Crippen LogP contribution is 2.17. The highest BCUT2D eigenvalue weighted by molar-refractivity contribution is 7.85. The van der Waals surface area contributed by atoms with Crippen LogP contribution in [0.3, 0.4) is 0 Å². The predicted molar refractivity (Wildman–Crippen MR) is 83.4 cm³/mol. The third-order valence-corrected chi connectivity index (χ3v) is 3.95. The van der Waals surface area contributed by atoms with E-state index in [-0.39, 0.29) is 11.8 Å². The molecule has 0 spiro atoms. The molecular formula is C14H24N2O3S. The topological polar surface area (TPSA) is 92.4 Å². The molecule has 0 amide bonds. The Kier molecular flexibility index (Phi) is 6.81. The third kappa shape index (κ3) is 7.35. The van der Waals surface area contributed by atoms with Gasteiger partial charge in [0.15, 0.2) is 0 Å². The number of hydrogen-bond acceptors (Lipinski definition) is 4. The van der Waals surface area contributed by atoms with Crippen molar-refractivity contribution < 1.29 is 13.0 Å². The lowest BCUT2D eigenvalue weighted by Gasteiger charge is -2.19. The van der Waals surface area contributed by atoms with Crippen LogP contribution in [0.25, 0.3) is 0 Å². The predicted octanol–water partition coefficient (Wildman–Crippen LogP) is 2.91. The second-order valence-electron chi connectivity index (χ2n) is 5.03. The second-order valence-corrected chi connectivity index (χ2v) is 6.61. The Labute approximate surface area is 121 Å². The molecule has 0 aliphatic rings. The molecule has 0 radical (unpaired) electrons. The van der Waals surface area contributed by atoms with E-state index in [4.69, 9.17) is 10.3 Å². The van der Waals surface area contributed by atoms with Crippen LogP contribution in [0.15, 0.2) is 24.3 Å². The highest BCUT2D eigenvalue weighted by atomic mass is 32.2. The minimum absolute atomic E-state index is 0.182. The van der Waals surface area contributed by atoms with E-state index in [2.05, 4.69) is 12.2 Å². The van der Waals surface area contributed by atoms with Crippen LogP contribution < -0.4 is 11.1 Å². The molecular weight excluding hydrogens is 276 g/mol. The number of rotatable bonds is 9. The first kappa shape index (κ1) is 16.8. The van der Waals surface area contributed by atoms with Crippen LogP contribution in [0.5, 0.6) is 0 Å².